The first-order chi connectivity index (χ1) is 1.41. The van der Waals surface area contributed by atoms with Crippen molar-refractivity contribution in [3.63, 3.8) is 0 Å². The molecule has 2 N–H and O–H groups in total. The Labute approximate surface area is 56.0 Å². The van der Waals surface area contributed by atoms with Gasteiger partial charge < -0.3 is 0 Å². The van der Waals surface area contributed by atoms with Gasteiger partial charge in [0, 0.05) is 40.8 Å². The van der Waals surface area contributed by atoms with Crippen LogP contribution in [0.2, 0.25) is 0 Å². The molecule has 0 aromatic heterocycles. The molecule has 24 valence electrons. The van der Waals surface area contributed by atoms with Crippen LogP contribution in [0.1, 0.15) is 0 Å². The van der Waals surface area contributed by atoms with Crippen molar-refractivity contribution < 1.29 is 56.4 Å². The van der Waals surface area contributed by atoms with E-state index in [1.807, 2.05) is 0 Å². The van der Waals surface area contributed by atoms with Crippen molar-refractivity contribution in [1.29, 1.82) is 0 Å². The first-order valence-electron chi connectivity index (χ1n) is 0.365. The van der Waals surface area contributed by atoms with Crippen molar-refractivity contribution in [2.24, 2.45) is 0 Å². The van der Waals surface area contributed by atoms with Gasteiger partial charge in [0.15, 0.2) is 0 Å². The zero-order chi connectivity index (χ0) is 2.71. The number of hydrogen-bond donors (Lipinski definition) is 2. The minimum atomic E-state index is 0. The molecule has 4 heteroatoms. The Morgan fingerprint density at radius 2 is 1.25 bits per heavy atom. The molecule has 0 aliphatic carbocycles. The van der Waals surface area contributed by atoms with Gasteiger partial charge in [-0.05, 0) is 0 Å². The van der Waals surface area contributed by atoms with Gasteiger partial charge in [0.25, 0.3) is 0 Å². The van der Waals surface area contributed by atoms with Crippen molar-refractivity contribution in [2.45, 2.75) is 0 Å². The van der Waals surface area contributed by atoms with E-state index in [4.69, 9.17) is 10.5 Å². The van der Waals surface area contributed by atoms with Gasteiger partial charge in [-0.15, -0.1) is 0 Å². The van der Waals surface area contributed by atoms with Gasteiger partial charge in [-0.25, -0.2) is 10.5 Å². The molecule has 0 fully saturated rings. The molecule has 0 aromatic carbocycles. The summed E-state index contributed by atoms with van der Waals surface area (Å²) in [6, 6.07) is 0. The number of hydrogen-bond acceptors (Lipinski definition) is 3. The van der Waals surface area contributed by atoms with E-state index >= 15 is 0 Å². The molecule has 0 aliphatic heterocycles. The molecule has 0 heterocycles. The van der Waals surface area contributed by atoms with E-state index in [1.54, 1.807) is 0 Å². The smallest absolute Gasteiger partial charge is 0 e. The normalized spacial score (nSPS) is 4.50. The zero-order valence-electron chi connectivity index (χ0n) is 1.80. The molecule has 0 saturated carbocycles. The summed E-state index contributed by atoms with van der Waals surface area (Å²) >= 11 is 0. The van der Waals surface area contributed by atoms with E-state index < -0.39 is 0 Å². The van der Waals surface area contributed by atoms with Crippen molar-refractivity contribution in [3.8, 4) is 0 Å². The first kappa shape index (κ1) is 8.97. The molecule has 4 heavy (non-hydrogen) atoms. The van der Waals surface area contributed by atoms with Gasteiger partial charge in [0.05, 0.1) is 0 Å². The maximum absolute atomic E-state index is 6.62. The predicted molar refractivity (Wildman–Crippen MR) is 6.34 cm³/mol. The predicted octanol–water partition coefficient (Wildman–Crippen LogP) is -0.0510. The molecule has 0 rings (SSSR count). The summed E-state index contributed by atoms with van der Waals surface area (Å²) in [5.74, 6) is 0. The van der Waals surface area contributed by atoms with Crippen LogP contribution in [-0.4, -0.2) is 10.5 Å². The van der Waals surface area contributed by atoms with Crippen molar-refractivity contribution in [1.82, 2.24) is 0 Å². The summed E-state index contributed by atoms with van der Waals surface area (Å²) in [6.45, 7) is 0. The molecule has 0 spiro atoms. The molecule has 0 bridgehead atoms. The van der Waals surface area contributed by atoms with Crippen LogP contribution in [0.25, 0.3) is 0 Å². The van der Waals surface area contributed by atoms with Gasteiger partial charge in [0.1, 0.15) is 0 Å². The Hall–Kier alpha value is 1.23. The molecular weight excluding hydrogens is 192 g/mol. The second-order valence-corrected chi connectivity index (χ2v) is 0.0816. The maximum atomic E-state index is 6.62. The molecular formula is H2NdO3. The SMILES string of the molecule is OOO.[Nd]. The quantitative estimate of drug-likeness (QED) is 0.420. The van der Waals surface area contributed by atoms with Gasteiger partial charge in [-0.2, -0.15) is 0 Å². The van der Waals surface area contributed by atoms with Crippen LogP contribution in [0.15, 0.2) is 0 Å². The van der Waals surface area contributed by atoms with E-state index in [0.29, 0.717) is 0 Å². The molecule has 3 nitrogen and oxygen atoms in total. The second-order valence-electron chi connectivity index (χ2n) is 0.0816. The molecule has 0 aliphatic rings. The monoisotopic (exact) mass is 192 g/mol. The Morgan fingerprint density at radius 1 is 1.25 bits per heavy atom. The summed E-state index contributed by atoms with van der Waals surface area (Å²) < 4.78 is 0. The number of rotatable bonds is 0. The summed E-state index contributed by atoms with van der Waals surface area (Å²) in [4.78, 5) is 0. The van der Waals surface area contributed by atoms with Gasteiger partial charge in [0.2, 0.25) is 0 Å². The van der Waals surface area contributed by atoms with E-state index in [1.165, 1.54) is 0 Å². The van der Waals surface area contributed by atoms with E-state index in [9.17, 15) is 0 Å². The molecule has 0 amide bonds. The molecule has 0 unspecified atom stereocenters. The zero-order valence-corrected chi connectivity index (χ0v) is 5.01. The van der Waals surface area contributed by atoms with Gasteiger partial charge in [-0.3, -0.25) is 0 Å². The fourth-order valence-corrected chi connectivity index (χ4v) is 0. The van der Waals surface area contributed by atoms with E-state index in [-0.39, 0.29) is 40.8 Å². The summed E-state index contributed by atoms with van der Waals surface area (Å²) in [6.07, 6.45) is 0. The van der Waals surface area contributed by atoms with Crippen LogP contribution in [0.5, 0.6) is 0 Å². The summed E-state index contributed by atoms with van der Waals surface area (Å²) in [5, 5.41) is 15.5. The molecule has 0 atom stereocenters. The first-order valence-corrected chi connectivity index (χ1v) is 0.365. The average Bonchev–Trinajstić information content (AvgIpc) is 0.918. The Balaban J connectivity index is 0. The Bertz CT molecular complexity index is 3.25. The van der Waals surface area contributed by atoms with Crippen LogP contribution >= 0.6 is 0 Å². The minimum absolute atomic E-state index is 0. The maximum Gasteiger partial charge on any atom is 0 e. The Morgan fingerprint density at radius 3 is 1.25 bits per heavy atom. The van der Waals surface area contributed by atoms with E-state index in [2.05, 4.69) is 5.04 Å². The third kappa shape index (κ3) is 10.6. The summed E-state index contributed by atoms with van der Waals surface area (Å²) in [5.41, 5.74) is 0. The third-order valence-corrected chi connectivity index (χ3v) is 0. The fraction of sp³-hybridized carbons (Fsp3) is 0. The topological polar surface area (TPSA) is 49.7 Å². The van der Waals surface area contributed by atoms with Crippen LogP contribution in [0.3, 0.4) is 0 Å². The van der Waals surface area contributed by atoms with Crippen LogP contribution in [-0.2, 0) is 5.04 Å². The molecule has 0 aromatic rings. The van der Waals surface area contributed by atoms with Gasteiger partial charge in [-0.1, -0.05) is 5.04 Å². The minimum Gasteiger partial charge on any atom is -0.221 e. The largest absolute Gasteiger partial charge is 0.221 e. The molecule has 0 saturated heterocycles. The standard InChI is InChI=1S/Nd.H2O3/c;1-3-2/h;1-2H. The third-order valence-electron chi connectivity index (χ3n) is 0. The van der Waals surface area contributed by atoms with Crippen molar-refractivity contribution in [2.75, 3.05) is 0 Å². The van der Waals surface area contributed by atoms with Crippen molar-refractivity contribution in [3.05, 3.63) is 0 Å². The van der Waals surface area contributed by atoms with Crippen LogP contribution in [0, 0.1) is 40.8 Å². The molecule has 0 radical (unpaired) electrons. The van der Waals surface area contributed by atoms with E-state index in [0.717, 1.165) is 0 Å². The second kappa shape index (κ2) is 8.87. The van der Waals surface area contributed by atoms with Crippen LogP contribution < -0.4 is 0 Å². The van der Waals surface area contributed by atoms with Crippen molar-refractivity contribution >= 4 is 0 Å². The average molecular weight is 194 g/mol. The summed E-state index contributed by atoms with van der Waals surface area (Å²) in [7, 11) is 0. The fourth-order valence-electron chi connectivity index (χ4n) is 0. The van der Waals surface area contributed by atoms with Gasteiger partial charge >= 0.3 is 0 Å². The van der Waals surface area contributed by atoms with Crippen LogP contribution in [0.4, 0.5) is 0 Å². The Kier molecular flexibility index (Phi) is 19.9.